The summed E-state index contributed by atoms with van der Waals surface area (Å²) in [6, 6.07) is 1.89. The van der Waals surface area contributed by atoms with E-state index >= 15 is 0 Å². The van der Waals surface area contributed by atoms with Crippen molar-refractivity contribution in [3.05, 3.63) is 0 Å². The van der Waals surface area contributed by atoms with Crippen LogP contribution in [0.2, 0.25) is 0 Å². The van der Waals surface area contributed by atoms with E-state index in [1.165, 1.54) is 6.92 Å². The third-order valence-corrected chi connectivity index (χ3v) is 2.44. The smallest absolute Gasteiger partial charge is 0.220 e. The number of carbonyl (C=O) groups excluding carboxylic acids is 1. The molecule has 0 saturated carbocycles. The Balaban J connectivity index is 2.86. The number of nitrogens with one attached hydrogen (secondary N) is 1. The second kappa shape index (κ2) is 3.56. The molecule has 1 rings (SSSR count). The fraction of sp³-hybridized carbons (Fsp3) is 0.667. The molecule has 0 aromatic rings. The van der Waals surface area contributed by atoms with Crippen LogP contribution in [0.15, 0.2) is 0 Å². The van der Waals surface area contributed by atoms with Gasteiger partial charge in [-0.1, -0.05) is 6.92 Å². The molecule has 0 bridgehead atoms. The highest BCUT2D eigenvalue weighted by Crippen LogP contribution is 2.21. The first kappa shape index (κ1) is 9.72. The number of nitrogens with zero attached hydrogens (tertiary/aromatic N) is 2. The predicted octanol–water partition coefficient (Wildman–Crippen LogP) is 0.787. The topological polar surface area (TPSA) is 68.0 Å². The Hall–Kier alpha value is -1.37. The highest BCUT2D eigenvalue weighted by atomic mass is 16.2. The molecule has 13 heavy (non-hydrogen) atoms. The summed E-state index contributed by atoms with van der Waals surface area (Å²) in [4.78, 5) is 12.7. The minimum atomic E-state index is -0.395. The van der Waals surface area contributed by atoms with E-state index in [9.17, 15) is 4.79 Å². The molecule has 70 valence electrons. The van der Waals surface area contributed by atoms with Gasteiger partial charge < -0.3 is 10.3 Å². The number of amides is 1. The van der Waals surface area contributed by atoms with E-state index < -0.39 is 5.92 Å². The highest BCUT2D eigenvalue weighted by Gasteiger charge is 2.37. The molecule has 0 aromatic carbocycles. The summed E-state index contributed by atoms with van der Waals surface area (Å²) >= 11 is 0. The molecule has 1 aliphatic rings. The van der Waals surface area contributed by atoms with Crippen molar-refractivity contribution in [2.24, 2.45) is 5.92 Å². The van der Waals surface area contributed by atoms with Crippen LogP contribution in [0, 0.1) is 22.7 Å². The van der Waals surface area contributed by atoms with Crippen LogP contribution in [0.5, 0.6) is 0 Å². The van der Waals surface area contributed by atoms with Gasteiger partial charge in [0.15, 0.2) is 0 Å². The van der Waals surface area contributed by atoms with E-state index in [2.05, 4.69) is 0 Å². The lowest BCUT2D eigenvalue weighted by atomic mass is 10.0. The largest absolute Gasteiger partial charge is 0.333 e. The zero-order valence-electron chi connectivity index (χ0n) is 7.87. The number of rotatable bonds is 1. The number of carbonyl (C=O) groups is 1. The minimum Gasteiger partial charge on any atom is -0.333 e. The minimum absolute atomic E-state index is 0.0469. The van der Waals surface area contributed by atoms with Crippen molar-refractivity contribution in [1.29, 1.82) is 10.7 Å². The van der Waals surface area contributed by atoms with Gasteiger partial charge in [0.25, 0.3) is 0 Å². The number of nitriles is 1. The summed E-state index contributed by atoms with van der Waals surface area (Å²) < 4.78 is 0. The maximum atomic E-state index is 11.1. The van der Waals surface area contributed by atoms with Crippen LogP contribution >= 0.6 is 0 Å². The first-order chi connectivity index (χ1) is 6.11. The lowest BCUT2D eigenvalue weighted by molar-refractivity contribution is -0.129. The summed E-state index contributed by atoms with van der Waals surface area (Å²) in [6.45, 7) is 3.80. The van der Waals surface area contributed by atoms with Gasteiger partial charge in [0.05, 0.1) is 17.8 Å². The quantitative estimate of drug-likeness (QED) is 0.646. The Kier molecular flexibility index (Phi) is 2.66. The average Bonchev–Trinajstić information content (AvgIpc) is 2.42. The second-order valence-corrected chi connectivity index (χ2v) is 3.23. The Morgan fingerprint density at radius 1 is 1.85 bits per heavy atom. The van der Waals surface area contributed by atoms with Crippen LogP contribution in [0.3, 0.4) is 0 Å². The van der Waals surface area contributed by atoms with Gasteiger partial charge in [-0.05, 0) is 6.42 Å². The van der Waals surface area contributed by atoms with Gasteiger partial charge in [0.1, 0.15) is 5.92 Å². The van der Waals surface area contributed by atoms with Crippen molar-refractivity contribution in [2.45, 2.75) is 26.3 Å². The Bertz CT molecular complexity index is 279. The molecule has 1 heterocycles. The summed E-state index contributed by atoms with van der Waals surface area (Å²) in [7, 11) is 0. The average molecular weight is 179 g/mol. The SMILES string of the molecule is CC[C@H]1C(=N)C(C#N)CN1C(C)=O. The molecule has 0 aromatic heterocycles. The van der Waals surface area contributed by atoms with Crippen molar-refractivity contribution < 1.29 is 4.79 Å². The molecule has 0 aliphatic carbocycles. The molecule has 0 radical (unpaired) electrons. The summed E-state index contributed by atoms with van der Waals surface area (Å²) in [5, 5.41) is 16.4. The summed E-state index contributed by atoms with van der Waals surface area (Å²) in [6.07, 6.45) is 0.719. The number of likely N-dealkylation sites (tertiary alicyclic amines) is 1. The molecule has 1 unspecified atom stereocenters. The van der Waals surface area contributed by atoms with E-state index in [0.717, 1.165) is 6.42 Å². The lowest BCUT2D eigenvalue weighted by Gasteiger charge is -2.20. The maximum absolute atomic E-state index is 11.1. The molecular weight excluding hydrogens is 166 g/mol. The zero-order valence-corrected chi connectivity index (χ0v) is 7.87. The fourth-order valence-electron chi connectivity index (χ4n) is 1.72. The van der Waals surface area contributed by atoms with E-state index in [4.69, 9.17) is 10.7 Å². The van der Waals surface area contributed by atoms with E-state index in [-0.39, 0.29) is 11.9 Å². The maximum Gasteiger partial charge on any atom is 0.220 e. The third-order valence-electron chi connectivity index (χ3n) is 2.44. The van der Waals surface area contributed by atoms with Crippen molar-refractivity contribution in [1.82, 2.24) is 4.90 Å². The van der Waals surface area contributed by atoms with Gasteiger partial charge in [0.2, 0.25) is 5.91 Å². The van der Waals surface area contributed by atoms with Crippen LogP contribution in [0.1, 0.15) is 20.3 Å². The van der Waals surface area contributed by atoms with Crippen molar-refractivity contribution in [2.75, 3.05) is 6.54 Å². The standard InChI is InChI=1S/C9H13N3O/c1-3-8-9(11)7(4-10)5-12(8)6(2)13/h7-8,11H,3,5H2,1-2H3/t7?,8-/m0/s1. The first-order valence-corrected chi connectivity index (χ1v) is 4.37. The summed E-state index contributed by atoms with van der Waals surface area (Å²) in [5.41, 5.74) is 0.389. The van der Waals surface area contributed by atoms with E-state index in [1.54, 1.807) is 4.90 Å². The molecule has 1 aliphatic heterocycles. The zero-order chi connectivity index (χ0) is 10.0. The molecule has 2 atom stereocenters. The summed E-state index contributed by atoms with van der Waals surface area (Å²) in [5.74, 6) is -0.441. The van der Waals surface area contributed by atoms with Gasteiger partial charge in [-0.2, -0.15) is 5.26 Å². The molecule has 4 nitrogen and oxygen atoms in total. The molecule has 1 saturated heterocycles. The highest BCUT2D eigenvalue weighted by molar-refractivity contribution is 5.96. The van der Waals surface area contributed by atoms with E-state index in [0.29, 0.717) is 12.3 Å². The molecule has 4 heteroatoms. The van der Waals surface area contributed by atoms with E-state index in [1.807, 2.05) is 13.0 Å². The first-order valence-electron chi connectivity index (χ1n) is 4.37. The fourth-order valence-corrected chi connectivity index (χ4v) is 1.72. The number of hydrogen-bond donors (Lipinski definition) is 1. The van der Waals surface area contributed by atoms with Crippen LogP contribution in [-0.2, 0) is 4.79 Å². The van der Waals surface area contributed by atoms with Crippen LogP contribution in [0.4, 0.5) is 0 Å². The van der Waals surface area contributed by atoms with Gasteiger partial charge in [-0.3, -0.25) is 4.79 Å². The molecule has 1 N–H and O–H groups in total. The Labute approximate surface area is 77.7 Å². The van der Waals surface area contributed by atoms with Crippen LogP contribution in [0.25, 0.3) is 0 Å². The molecular formula is C9H13N3O. The van der Waals surface area contributed by atoms with Gasteiger partial charge >= 0.3 is 0 Å². The van der Waals surface area contributed by atoms with Gasteiger partial charge in [0, 0.05) is 13.5 Å². The van der Waals surface area contributed by atoms with Crippen LogP contribution in [-0.4, -0.2) is 29.1 Å². The molecule has 1 amide bonds. The molecule has 0 spiro atoms. The lowest BCUT2D eigenvalue weighted by Crippen LogP contribution is -2.35. The third kappa shape index (κ3) is 1.55. The molecule has 1 fully saturated rings. The predicted molar refractivity (Wildman–Crippen MR) is 48.3 cm³/mol. The van der Waals surface area contributed by atoms with Crippen molar-refractivity contribution >= 4 is 11.6 Å². The Morgan fingerprint density at radius 2 is 2.46 bits per heavy atom. The normalized spacial score (nSPS) is 27.5. The van der Waals surface area contributed by atoms with Gasteiger partial charge in [-0.15, -0.1) is 0 Å². The van der Waals surface area contributed by atoms with Crippen molar-refractivity contribution in [3.63, 3.8) is 0 Å². The monoisotopic (exact) mass is 179 g/mol. The van der Waals surface area contributed by atoms with Gasteiger partial charge in [-0.25, -0.2) is 0 Å². The van der Waals surface area contributed by atoms with Crippen molar-refractivity contribution in [3.8, 4) is 6.07 Å². The number of hydrogen-bond acceptors (Lipinski definition) is 3. The Morgan fingerprint density at radius 3 is 2.77 bits per heavy atom. The second-order valence-electron chi connectivity index (χ2n) is 3.23. The van der Waals surface area contributed by atoms with Crippen LogP contribution < -0.4 is 0 Å².